The van der Waals surface area contributed by atoms with E-state index < -0.39 is 0 Å². The largest absolute Gasteiger partial charge is 0.352 e. The van der Waals surface area contributed by atoms with Crippen LogP contribution in [0.2, 0.25) is 0 Å². The standard InChI is InChI=1S/C18H24N4O2/c1-13(18-20-14(2)21-24-18)22-10-8-16(9-11-22)17(23)19-12-15-6-4-3-5-7-15/h3-7,13,16H,8-12H2,1-2H3,(H,19,23). The minimum absolute atomic E-state index is 0.0848. The van der Waals surface area contributed by atoms with Gasteiger partial charge in [-0.25, -0.2) is 0 Å². The molecule has 6 nitrogen and oxygen atoms in total. The predicted octanol–water partition coefficient (Wildman–Crippen LogP) is 2.47. The number of nitrogens with one attached hydrogen (secondary N) is 1. The SMILES string of the molecule is Cc1noc(C(C)N2CCC(C(=O)NCc3ccccc3)CC2)n1. The van der Waals surface area contributed by atoms with E-state index in [4.69, 9.17) is 4.52 Å². The molecule has 2 aromatic rings. The second-order valence-corrected chi connectivity index (χ2v) is 6.37. The Labute approximate surface area is 142 Å². The lowest BCUT2D eigenvalue weighted by Crippen LogP contribution is -2.41. The van der Waals surface area contributed by atoms with E-state index in [1.165, 1.54) is 0 Å². The zero-order valence-electron chi connectivity index (χ0n) is 14.2. The normalized spacial score (nSPS) is 17.6. The number of piperidine rings is 1. The molecule has 1 aromatic carbocycles. The number of benzene rings is 1. The average Bonchev–Trinajstić information content (AvgIpc) is 3.06. The lowest BCUT2D eigenvalue weighted by Gasteiger charge is -2.33. The van der Waals surface area contributed by atoms with Crippen molar-refractivity contribution in [2.75, 3.05) is 13.1 Å². The van der Waals surface area contributed by atoms with Gasteiger partial charge in [-0.05, 0) is 45.3 Å². The van der Waals surface area contributed by atoms with Gasteiger partial charge >= 0.3 is 0 Å². The molecule has 1 N–H and O–H groups in total. The number of hydrogen-bond acceptors (Lipinski definition) is 5. The summed E-state index contributed by atoms with van der Waals surface area (Å²) in [4.78, 5) is 19.0. The van der Waals surface area contributed by atoms with Crippen LogP contribution in [-0.2, 0) is 11.3 Å². The second-order valence-electron chi connectivity index (χ2n) is 6.37. The fourth-order valence-corrected chi connectivity index (χ4v) is 3.12. The molecule has 0 spiro atoms. The van der Waals surface area contributed by atoms with Gasteiger partial charge in [-0.15, -0.1) is 0 Å². The van der Waals surface area contributed by atoms with Crippen molar-refractivity contribution in [3.63, 3.8) is 0 Å². The molecule has 1 fully saturated rings. The lowest BCUT2D eigenvalue weighted by molar-refractivity contribution is -0.126. The fourth-order valence-electron chi connectivity index (χ4n) is 3.12. The summed E-state index contributed by atoms with van der Waals surface area (Å²) in [7, 11) is 0. The second kappa shape index (κ2) is 7.57. The van der Waals surface area contributed by atoms with Crippen molar-refractivity contribution in [2.45, 2.75) is 39.3 Å². The van der Waals surface area contributed by atoms with Crippen LogP contribution in [0.15, 0.2) is 34.9 Å². The zero-order valence-corrected chi connectivity index (χ0v) is 14.2. The molecule has 128 valence electrons. The molecule has 6 heteroatoms. The van der Waals surface area contributed by atoms with E-state index in [0.717, 1.165) is 31.5 Å². The summed E-state index contributed by atoms with van der Waals surface area (Å²) in [6, 6.07) is 10.1. The lowest BCUT2D eigenvalue weighted by atomic mass is 9.95. The molecule has 1 unspecified atom stereocenters. The van der Waals surface area contributed by atoms with E-state index in [0.29, 0.717) is 18.3 Å². The summed E-state index contributed by atoms with van der Waals surface area (Å²) in [6.45, 7) is 6.22. The molecule has 1 aliphatic rings. The first-order valence-electron chi connectivity index (χ1n) is 8.49. The molecule has 1 aliphatic heterocycles. The van der Waals surface area contributed by atoms with Gasteiger partial charge in [0.1, 0.15) is 0 Å². The molecule has 2 heterocycles. The smallest absolute Gasteiger partial charge is 0.243 e. The molecule has 1 amide bonds. The van der Waals surface area contributed by atoms with Crippen molar-refractivity contribution in [3.05, 3.63) is 47.6 Å². The summed E-state index contributed by atoms with van der Waals surface area (Å²) in [6.07, 6.45) is 1.72. The number of amides is 1. The van der Waals surface area contributed by atoms with E-state index in [1.807, 2.05) is 37.3 Å². The minimum atomic E-state index is 0.0848. The maximum atomic E-state index is 12.4. The average molecular weight is 328 g/mol. The Morgan fingerprint density at radius 3 is 2.67 bits per heavy atom. The Morgan fingerprint density at radius 1 is 1.33 bits per heavy atom. The summed E-state index contributed by atoms with van der Waals surface area (Å²) in [5.74, 6) is 1.55. The van der Waals surface area contributed by atoms with Gasteiger partial charge < -0.3 is 9.84 Å². The van der Waals surface area contributed by atoms with E-state index in [1.54, 1.807) is 0 Å². The number of aryl methyl sites for hydroxylation is 1. The number of nitrogens with zero attached hydrogens (tertiary/aromatic N) is 3. The zero-order chi connectivity index (χ0) is 16.9. The Morgan fingerprint density at radius 2 is 2.04 bits per heavy atom. The van der Waals surface area contributed by atoms with Crippen LogP contribution in [0.25, 0.3) is 0 Å². The van der Waals surface area contributed by atoms with Crippen LogP contribution < -0.4 is 5.32 Å². The Balaban J connectivity index is 1.47. The van der Waals surface area contributed by atoms with Crippen LogP contribution in [0.3, 0.4) is 0 Å². The first-order valence-corrected chi connectivity index (χ1v) is 8.49. The van der Waals surface area contributed by atoms with Gasteiger partial charge in [-0.3, -0.25) is 9.69 Å². The Hall–Kier alpha value is -2.21. The predicted molar refractivity (Wildman–Crippen MR) is 90.0 cm³/mol. The monoisotopic (exact) mass is 328 g/mol. The molecule has 0 saturated carbocycles. The molecule has 0 bridgehead atoms. The van der Waals surface area contributed by atoms with Crippen LogP contribution in [0.1, 0.15) is 43.1 Å². The quantitative estimate of drug-likeness (QED) is 0.913. The van der Waals surface area contributed by atoms with Crippen LogP contribution in [0.4, 0.5) is 0 Å². The summed E-state index contributed by atoms with van der Waals surface area (Å²) < 4.78 is 5.26. The fraction of sp³-hybridized carbons (Fsp3) is 0.500. The number of likely N-dealkylation sites (tertiary alicyclic amines) is 1. The maximum Gasteiger partial charge on any atom is 0.243 e. The highest BCUT2D eigenvalue weighted by atomic mass is 16.5. The van der Waals surface area contributed by atoms with Crippen molar-refractivity contribution >= 4 is 5.91 Å². The first kappa shape index (κ1) is 16.6. The van der Waals surface area contributed by atoms with Crippen molar-refractivity contribution in [2.24, 2.45) is 5.92 Å². The first-order chi connectivity index (χ1) is 11.6. The van der Waals surface area contributed by atoms with Crippen LogP contribution >= 0.6 is 0 Å². The molecule has 1 aromatic heterocycles. The van der Waals surface area contributed by atoms with Gasteiger partial charge in [0.2, 0.25) is 11.8 Å². The molecule has 3 rings (SSSR count). The molecule has 0 radical (unpaired) electrons. The van der Waals surface area contributed by atoms with Crippen molar-refractivity contribution in [1.82, 2.24) is 20.4 Å². The molecular weight excluding hydrogens is 304 g/mol. The summed E-state index contributed by atoms with van der Waals surface area (Å²) in [5.41, 5.74) is 1.13. The third-order valence-corrected chi connectivity index (χ3v) is 4.66. The minimum Gasteiger partial charge on any atom is -0.352 e. The topological polar surface area (TPSA) is 71.3 Å². The van der Waals surface area contributed by atoms with Gasteiger partial charge in [0.15, 0.2) is 5.82 Å². The van der Waals surface area contributed by atoms with Crippen LogP contribution in [0, 0.1) is 12.8 Å². The highest BCUT2D eigenvalue weighted by molar-refractivity contribution is 5.78. The van der Waals surface area contributed by atoms with Crippen molar-refractivity contribution in [1.29, 1.82) is 0 Å². The van der Waals surface area contributed by atoms with Crippen LogP contribution in [-0.4, -0.2) is 34.0 Å². The molecule has 24 heavy (non-hydrogen) atoms. The molecule has 1 atom stereocenters. The van der Waals surface area contributed by atoms with Gasteiger partial charge in [-0.1, -0.05) is 35.5 Å². The Bertz CT molecular complexity index is 663. The third kappa shape index (κ3) is 4.00. The van der Waals surface area contributed by atoms with Crippen molar-refractivity contribution in [3.8, 4) is 0 Å². The summed E-state index contributed by atoms with van der Waals surface area (Å²) in [5, 5.41) is 6.90. The number of carbonyl (C=O) groups excluding carboxylic acids is 1. The van der Waals surface area contributed by atoms with E-state index >= 15 is 0 Å². The van der Waals surface area contributed by atoms with E-state index in [-0.39, 0.29) is 17.9 Å². The third-order valence-electron chi connectivity index (χ3n) is 4.66. The van der Waals surface area contributed by atoms with E-state index in [2.05, 4.69) is 27.3 Å². The highest BCUT2D eigenvalue weighted by Gasteiger charge is 2.29. The van der Waals surface area contributed by atoms with Gasteiger partial charge in [-0.2, -0.15) is 4.98 Å². The molecular formula is C18H24N4O2. The number of carbonyl (C=O) groups is 1. The number of aromatic nitrogens is 2. The summed E-state index contributed by atoms with van der Waals surface area (Å²) >= 11 is 0. The highest BCUT2D eigenvalue weighted by Crippen LogP contribution is 2.25. The Kier molecular flexibility index (Phi) is 5.25. The van der Waals surface area contributed by atoms with Gasteiger partial charge in [0.25, 0.3) is 0 Å². The molecule has 0 aliphatic carbocycles. The van der Waals surface area contributed by atoms with Gasteiger partial charge in [0, 0.05) is 12.5 Å². The number of hydrogen-bond donors (Lipinski definition) is 1. The maximum absolute atomic E-state index is 12.4. The van der Waals surface area contributed by atoms with Gasteiger partial charge in [0.05, 0.1) is 6.04 Å². The van der Waals surface area contributed by atoms with Crippen LogP contribution in [0.5, 0.6) is 0 Å². The number of rotatable bonds is 5. The van der Waals surface area contributed by atoms with Crippen molar-refractivity contribution < 1.29 is 9.32 Å². The van der Waals surface area contributed by atoms with E-state index in [9.17, 15) is 4.79 Å². The molecule has 1 saturated heterocycles.